The van der Waals surface area contributed by atoms with Crippen LogP contribution >= 0.6 is 0 Å². The molecule has 0 atom stereocenters. The number of piperidine rings is 1. The number of nitrogens with two attached hydrogens (primary N) is 1. The number of carbonyl (C=O) groups is 1. The third-order valence-electron chi connectivity index (χ3n) is 4.20. The molecule has 1 fully saturated rings. The van der Waals surface area contributed by atoms with Crippen molar-refractivity contribution in [2.24, 2.45) is 5.73 Å². The van der Waals surface area contributed by atoms with E-state index in [2.05, 4.69) is 17.1 Å². The van der Waals surface area contributed by atoms with Gasteiger partial charge in [0.2, 0.25) is 5.91 Å². The lowest BCUT2D eigenvalue weighted by Gasteiger charge is -2.40. The zero-order valence-electron chi connectivity index (χ0n) is 12.9. The van der Waals surface area contributed by atoms with Gasteiger partial charge in [0.1, 0.15) is 11.3 Å². The van der Waals surface area contributed by atoms with Crippen molar-refractivity contribution < 1.29 is 9.53 Å². The number of carbonyl (C=O) groups excluding carboxylic acids is 1. The summed E-state index contributed by atoms with van der Waals surface area (Å²) in [4.78, 5) is 14.4. The third kappa shape index (κ3) is 3.47. The standard InChI is InChI=1S/C16H25N3O2/c1-3-10-19-11-8-16(9-12-19,15(17)20)18-13-6-4-5-7-14(13)21-2/h4-7,18H,3,8-12H2,1-2H3,(H2,17,20). The minimum absolute atomic E-state index is 0.287. The number of methoxy groups -OCH3 is 1. The van der Waals surface area contributed by atoms with E-state index in [1.807, 2.05) is 24.3 Å². The lowest BCUT2D eigenvalue weighted by atomic mass is 9.86. The molecule has 21 heavy (non-hydrogen) atoms. The van der Waals surface area contributed by atoms with Gasteiger partial charge in [0.15, 0.2) is 0 Å². The van der Waals surface area contributed by atoms with Crippen LogP contribution in [0.3, 0.4) is 0 Å². The molecule has 0 bridgehead atoms. The van der Waals surface area contributed by atoms with Crippen LogP contribution in [0.1, 0.15) is 26.2 Å². The fourth-order valence-electron chi connectivity index (χ4n) is 2.91. The molecule has 3 N–H and O–H groups in total. The Labute approximate surface area is 126 Å². The van der Waals surface area contributed by atoms with Crippen LogP contribution < -0.4 is 15.8 Å². The summed E-state index contributed by atoms with van der Waals surface area (Å²) in [5.41, 5.74) is 5.84. The molecule has 1 aromatic rings. The molecule has 0 saturated carbocycles. The van der Waals surface area contributed by atoms with Gasteiger partial charge in [-0.2, -0.15) is 0 Å². The maximum absolute atomic E-state index is 12.0. The van der Waals surface area contributed by atoms with Crippen molar-refractivity contribution in [2.45, 2.75) is 31.7 Å². The van der Waals surface area contributed by atoms with Gasteiger partial charge in [-0.3, -0.25) is 4.79 Å². The number of rotatable bonds is 6. The first-order chi connectivity index (χ1) is 10.1. The molecule has 1 saturated heterocycles. The van der Waals surface area contributed by atoms with Gasteiger partial charge < -0.3 is 20.7 Å². The number of ether oxygens (including phenoxy) is 1. The minimum Gasteiger partial charge on any atom is -0.495 e. The van der Waals surface area contributed by atoms with Crippen molar-refractivity contribution in [2.75, 3.05) is 32.1 Å². The first kappa shape index (κ1) is 15.6. The molecule has 0 radical (unpaired) electrons. The molecule has 116 valence electrons. The van der Waals surface area contributed by atoms with Gasteiger partial charge in [0.05, 0.1) is 12.8 Å². The summed E-state index contributed by atoms with van der Waals surface area (Å²) in [6.07, 6.45) is 2.57. The zero-order valence-corrected chi connectivity index (χ0v) is 12.9. The fourth-order valence-corrected chi connectivity index (χ4v) is 2.91. The largest absolute Gasteiger partial charge is 0.495 e. The van der Waals surface area contributed by atoms with Gasteiger partial charge in [0, 0.05) is 13.1 Å². The summed E-state index contributed by atoms with van der Waals surface area (Å²) in [6, 6.07) is 7.63. The highest BCUT2D eigenvalue weighted by Gasteiger charge is 2.40. The highest BCUT2D eigenvalue weighted by Crippen LogP contribution is 2.31. The van der Waals surface area contributed by atoms with E-state index in [-0.39, 0.29) is 5.91 Å². The van der Waals surface area contributed by atoms with E-state index in [0.29, 0.717) is 0 Å². The molecule has 1 heterocycles. The van der Waals surface area contributed by atoms with Crippen molar-refractivity contribution >= 4 is 11.6 Å². The summed E-state index contributed by atoms with van der Waals surface area (Å²) in [5, 5.41) is 3.35. The zero-order chi connectivity index (χ0) is 15.3. The highest BCUT2D eigenvalue weighted by atomic mass is 16.5. The Morgan fingerprint density at radius 3 is 2.62 bits per heavy atom. The van der Waals surface area contributed by atoms with Crippen LogP contribution in [0.25, 0.3) is 0 Å². The number of primary amides is 1. The Hall–Kier alpha value is -1.75. The van der Waals surface area contributed by atoms with Crippen molar-refractivity contribution in [3.8, 4) is 5.75 Å². The van der Waals surface area contributed by atoms with Crippen molar-refractivity contribution in [1.82, 2.24) is 4.90 Å². The van der Waals surface area contributed by atoms with Crippen molar-refractivity contribution in [3.63, 3.8) is 0 Å². The molecule has 0 spiro atoms. The molecule has 1 aliphatic rings. The number of hydrogen-bond donors (Lipinski definition) is 2. The Balaban J connectivity index is 2.15. The summed E-state index contributed by atoms with van der Waals surface area (Å²) < 4.78 is 5.35. The monoisotopic (exact) mass is 291 g/mol. The highest BCUT2D eigenvalue weighted by molar-refractivity contribution is 5.88. The summed E-state index contributed by atoms with van der Waals surface area (Å²) in [6.45, 7) is 5.02. The van der Waals surface area contributed by atoms with Crippen LogP contribution in [0, 0.1) is 0 Å². The van der Waals surface area contributed by atoms with Crippen molar-refractivity contribution in [3.05, 3.63) is 24.3 Å². The smallest absolute Gasteiger partial charge is 0.243 e. The average Bonchev–Trinajstić information content (AvgIpc) is 2.50. The first-order valence-electron chi connectivity index (χ1n) is 7.55. The van der Waals surface area contributed by atoms with E-state index in [9.17, 15) is 4.79 Å². The molecule has 1 aromatic carbocycles. The number of anilines is 1. The maximum Gasteiger partial charge on any atom is 0.243 e. The van der Waals surface area contributed by atoms with E-state index in [1.165, 1.54) is 0 Å². The Kier molecular flexibility index (Phi) is 5.07. The van der Waals surface area contributed by atoms with E-state index >= 15 is 0 Å². The predicted molar refractivity (Wildman–Crippen MR) is 84.5 cm³/mol. The summed E-state index contributed by atoms with van der Waals surface area (Å²) >= 11 is 0. The second kappa shape index (κ2) is 6.80. The van der Waals surface area contributed by atoms with Crippen LogP contribution in [-0.4, -0.2) is 43.1 Å². The normalized spacial score (nSPS) is 18.2. The van der Waals surface area contributed by atoms with Gasteiger partial charge >= 0.3 is 0 Å². The average molecular weight is 291 g/mol. The molecule has 0 aromatic heterocycles. The number of benzene rings is 1. The number of nitrogens with one attached hydrogen (secondary N) is 1. The Morgan fingerprint density at radius 1 is 1.38 bits per heavy atom. The molecule has 2 rings (SSSR count). The minimum atomic E-state index is -0.682. The van der Waals surface area contributed by atoms with Gasteiger partial charge in [-0.05, 0) is 37.9 Å². The molecule has 5 nitrogen and oxygen atoms in total. The van der Waals surface area contributed by atoms with Crippen LogP contribution in [0.15, 0.2) is 24.3 Å². The molecule has 0 aliphatic carbocycles. The van der Waals surface area contributed by atoms with Crippen LogP contribution in [0.5, 0.6) is 5.75 Å². The lowest BCUT2D eigenvalue weighted by Crippen LogP contribution is -2.57. The van der Waals surface area contributed by atoms with Gasteiger partial charge in [-0.25, -0.2) is 0 Å². The second-order valence-electron chi connectivity index (χ2n) is 5.61. The van der Waals surface area contributed by atoms with Crippen LogP contribution in [-0.2, 0) is 4.79 Å². The number of likely N-dealkylation sites (tertiary alicyclic amines) is 1. The van der Waals surface area contributed by atoms with Crippen molar-refractivity contribution in [1.29, 1.82) is 0 Å². The number of hydrogen-bond acceptors (Lipinski definition) is 4. The SMILES string of the molecule is CCCN1CCC(Nc2ccccc2OC)(C(N)=O)CC1. The molecule has 0 unspecified atom stereocenters. The van der Waals surface area contributed by atoms with Crippen LogP contribution in [0.4, 0.5) is 5.69 Å². The summed E-state index contributed by atoms with van der Waals surface area (Å²) in [5.74, 6) is 0.443. The maximum atomic E-state index is 12.0. The van der Waals surface area contributed by atoms with Gasteiger partial charge in [-0.1, -0.05) is 19.1 Å². The molecular weight excluding hydrogens is 266 g/mol. The number of para-hydroxylation sites is 2. The summed E-state index contributed by atoms with van der Waals surface area (Å²) in [7, 11) is 1.63. The number of nitrogens with zero attached hydrogens (tertiary/aromatic N) is 1. The van der Waals surface area contributed by atoms with E-state index in [0.717, 1.165) is 50.3 Å². The van der Waals surface area contributed by atoms with Crippen LogP contribution in [0.2, 0.25) is 0 Å². The lowest BCUT2D eigenvalue weighted by molar-refractivity contribution is -0.123. The molecule has 1 aliphatic heterocycles. The predicted octanol–water partition coefficient (Wildman–Crippen LogP) is 1.84. The van der Waals surface area contributed by atoms with E-state index in [1.54, 1.807) is 7.11 Å². The first-order valence-corrected chi connectivity index (χ1v) is 7.55. The van der Waals surface area contributed by atoms with Gasteiger partial charge in [-0.15, -0.1) is 0 Å². The quantitative estimate of drug-likeness (QED) is 0.839. The Morgan fingerprint density at radius 2 is 2.05 bits per heavy atom. The van der Waals surface area contributed by atoms with E-state index in [4.69, 9.17) is 10.5 Å². The van der Waals surface area contributed by atoms with Gasteiger partial charge in [0.25, 0.3) is 0 Å². The molecular formula is C16H25N3O2. The second-order valence-corrected chi connectivity index (χ2v) is 5.61. The topological polar surface area (TPSA) is 67.6 Å². The van der Waals surface area contributed by atoms with E-state index < -0.39 is 5.54 Å². The molecule has 1 amide bonds. The number of amides is 1. The third-order valence-corrected chi connectivity index (χ3v) is 4.20. The Bertz CT molecular complexity index is 482. The fraction of sp³-hybridized carbons (Fsp3) is 0.562. The molecule has 5 heteroatoms.